The fourth-order valence-electron chi connectivity index (χ4n) is 1.39. The molecule has 0 aliphatic heterocycles. The highest BCUT2D eigenvalue weighted by molar-refractivity contribution is 6.31. The maximum atomic E-state index is 5.87. The van der Waals surface area contributed by atoms with Gasteiger partial charge < -0.3 is 14.6 Å². The second-order valence-corrected chi connectivity index (χ2v) is 3.81. The first-order valence-electron chi connectivity index (χ1n) is 5.28. The third-order valence-electron chi connectivity index (χ3n) is 2.18. The average molecular weight is 270 g/mol. The van der Waals surface area contributed by atoms with Gasteiger partial charge in [-0.1, -0.05) is 16.8 Å². The van der Waals surface area contributed by atoms with Gasteiger partial charge in [-0.15, -0.1) is 0 Å². The molecule has 2 rings (SSSR count). The summed E-state index contributed by atoms with van der Waals surface area (Å²) in [4.78, 5) is 12.0. The molecule has 8 heteroatoms. The number of hydrogen-bond acceptors (Lipinski definition) is 7. The number of rotatable bonds is 5. The third kappa shape index (κ3) is 2.86. The Labute approximate surface area is 109 Å². The molecular weight excluding hydrogens is 258 g/mol. The number of aromatic nitrogens is 4. The SMILES string of the molecule is COc1c(Cl)ncnc1NCCc1noc(C)n1. The molecule has 1 N–H and O–H groups in total. The van der Waals surface area contributed by atoms with E-state index in [1.54, 1.807) is 6.92 Å². The number of nitrogens with one attached hydrogen (secondary N) is 1. The second-order valence-electron chi connectivity index (χ2n) is 3.45. The fraction of sp³-hybridized carbons (Fsp3) is 0.400. The smallest absolute Gasteiger partial charge is 0.223 e. The van der Waals surface area contributed by atoms with E-state index in [1.165, 1.54) is 13.4 Å². The molecular formula is C10H12ClN5O2. The zero-order valence-electron chi connectivity index (χ0n) is 9.97. The lowest BCUT2D eigenvalue weighted by Gasteiger charge is -2.09. The highest BCUT2D eigenvalue weighted by Crippen LogP contribution is 2.27. The van der Waals surface area contributed by atoms with E-state index in [4.69, 9.17) is 20.9 Å². The van der Waals surface area contributed by atoms with E-state index >= 15 is 0 Å². The topological polar surface area (TPSA) is 86.0 Å². The average Bonchev–Trinajstić information content (AvgIpc) is 2.75. The van der Waals surface area contributed by atoms with E-state index in [0.29, 0.717) is 36.2 Å². The predicted octanol–water partition coefficient (Wildman–Crippen LogP) is 1.48. The maximum Gasteiger partial charge on any atom is 0.223 e. The van der Waals surface area contributed by atoms with Crippen LogP contribution in [0.2, 0.25) is 5.15 Å². The molecule has 0 radical (unpaired) electrons. The summed E-state index contributed by atoms with van der Waals surface area (Å²) < 4.78 is 9.98. The molecule has 18 heavy (non-hydrogen) atoms. The van der Waals surface area contributed by atoms with Crippen LogP contribution in [0.3, 0.4) is 0 Å². The van der Waals surface area contributed by atoms with Gasteiger partial charge in [0.2, 0.25) is 5.89 Å². The van der Waals surface area contributed by atoms with Crippen LogP contribution >= 0.6 is 11.6 Å². The Kier molecular flexibility index (Phi) is 3.93. The number of methoxy groups -OCH3 is 1. The molecule has 0 bridgehead atoms. The van der Waals surface area contributed by atoms with Crippen LogP contribution < -0.4 is 10.1 Å². The van der Waals surface area contributed by atoms with Crippen LogP contribution in [0.4, 0.5) is 5.82 Å². The van der Waals surface area contributed by atoms with Gasteiger partial charge in [0.05, 0.1) is 7.11 Å². The molecule has 0 spiro atoms. The van der Waals surface area contributed by atoms with Crippen LogP contribution in [0.25, 0.3) is 0 Å². The summed E-state index contributed by atoms with van der Waals surface area (Å²) in [7, 11) is 1.51. The minimum atomic E-state index is 0.269. The number of aryl methyl sites for hydroxylation is 1. The molecule has 0 aromatic carbocycles. The Bertz CT molecular complexity index is 531. The molecule has 0 saturated heterocycles. The molecule has 2 heterocycles. The monoisotopic (exact) mass is 269 g/mol. The predicted molar refractivity (Wildman–Crippen MR) is 64.8 cm³/mol. The Balaban J connectivity index is 1.96. The van der Waals surface area contributed by atoms with Gasteiger partial charge in [-0.3, -0.25) is 0 Å². The van der Waals surface area contributed by atoms with Crippen molar-refractivity contribution in [2.75, 3.05) is 19.0 Å². The Morgan fingerprint density at radius 3 is 2.94 bits per heavy atom. The quantitative estimate of drug-likeness (QED) is 0.823. The van der Waals surface area contributed by atoms with Gasteiger partial charge in [-0.05, 0) is 0 Å². The molecule has 0 amide bonds. The Hall–Kier alpha value is -1.89. The van der Waals surface area contributed by atoms with Gasteiger partial charge in [-0.2, -0.15) is 4.98 Å². The van der Waals surface area contributed by atoms with Crippen molar-refractivity contribution in [3.8, 4) is 5.75 Å². The van der Waals surface area contributed by atoms with Crippen molar-refractivity contribution in [2.24, 2.45) is 0 Å². The highest BCUT2D eigenvalue weighted by atomic mass is 35.5. The van der Waals surface area contributed by atoms with Crippen LogP contribution in [-0.4, -0.2) is 33.8 Å². The summed E-state index contributed by atoms with van der Waals surface area (Å²) in [5, 5.41) is 7.14. The first kappa shape index (κ1) is 12.6. The van der Waals surface area contributed by atoms with Crippen LogP contribution in [0, 0.1) is 6.92 Å². The third-order valence-corrected chi connectivity index (χ3v) is 2.44. The first-order chi connectivity index (χ1) is 8.70. The lowest BCUT2D eigenvalue weighted by molar-refractivity contribution is 0.387. The zero-order chi connectivity index (χ0) is 13.0. The van der Waals surface area contributed by atoms with Crippen molar-refractivity contribution < 1.29 is 9.26 Å². The van der Waals surface area contributed by atoms with Crippen molar-refractivity contribution >= 4 is 17.4 Å². The van der Waals surface area contributed by atoms with E-state index in [-0.39, 0.29) is 5.15 Å². The Morgan fingerprint density at radius 2 is 2.28 bits per heavy atom. The number of hydrogen-bond donors (Lipinski definition) is 1. The van der Waals surface area contributed by atoms with Gasteiger partial charge in [0.15, 0.2) is 22.5 Å². The van der Waals surface area contributed by atoms with E-state index in [2.05, 4.69) is 25.4 Å². The van der Waals surface area contributed by atoms with E-state index in [9.17, 15) is 0 Å². The van der Waals surface area contributed by atoms with Crippen molar-refractivity contribution in [3.05, 3.63) is 23.2 Å². The van der Waals surface area contributed by atoms with E-state index in [1.807, 2.05) is 0 Å². The van der Waals surface area contributed by atoms with Crippen LogP contribution in [0.15, 0.2) is 10.9 Å². The molecule has 0 saturated carbocycles. The van der Waals surface area contributed by atoms with Gasteiger partial charge in [0.25, 0.3) is 0 Å². The highest BCUT2D eigenvalue weighted by Gasteiger charge is 2.10. The molecule has 0 aliphatic carbocycles. The van der Waals surface area contributed by atoms with Gasteiger partial charge >= 0.3 is 0 Å². The first-order valence-corrected chi connectivity index (χ1v) is 5.66. The fourth-order valence-corrected chi connectivity index (χ4v) is 1.60. The van der Waals surface area contributed by atoms with Crippen LogP contribution in [-0.2, 0) is 6.42 Å². The maximum absolute atomic E-state index is 5.87. The number of anilines is 1. The van der Waals surface area contributed by atoms with Crippen molar-refractivity contribution in [2.45, 2.75) is 13.3 Å². The lowest BCUT2D eigenvalue weighted by atomic mass is 10.4. The Morgan fingerprint density at radius 1 is 1.44 bits per heavy atom. The van der Waals surface area contributed by atoms with Gasteiger partial charge in [0, 0.05) is 19.9 Å². The second kappa shape index (κ2) is 5.63. The molecule has 96 valence electrons. The molecule has 2 aromatic heterocycles. The lowest BCUT2D eigenvalue weighted by Crippen LogP contribution is -2.09. The summed E-state index contributed by atoms with van der Waals surface area (Å²) in [5.74, 6) is 2.15. The normalized spacial score (nSPS) is 10.4. The van der Waals surface area contributed by atoms with Crippen molar-refractivity contribution in [1.82, 2.24) is 20.1 Å². The summed E-state index contributed by atoms with van der Waals surface area (Å²) in [6.45, 7) is 2.33. The summed E-state index contributed by atoms with van der Waals surface area (Å²) in [5.41, 5.74) is 0. The zero-order valence-corrected chi connectivity index (χ0v) is 10.7. The molecule has 0 unspecified atom stereocenters. The molecule has 0 aliphatic rings. The molecule has 0 fully saturated rings. The number of halogens is 1. The van der Waals surface area contributed by atoms with Crippen molar-refractivity contribution in [3.63, 3.8) is 0 Å². The molecule has 7 nitrogen and oxygen atoms in total. The minimum Gasteiger partial charge on any atom is -0.490 e. The van der Waals surface area contributed by atoms with Crippen LogP contribution in [0.5, 0.6) is 5.75 Å². The van der Waals surface area contributed by atoms with Gasteiger partial charge in [0.1, 0.15) is 6.33 Å². The number of ether oxygens (including phenoxy) is 1. The minimum absolute atomic E-state index is 0.269. The largest absolute Gasteiger partial charge is 0.490 e. The number of nitrogens with zero attached hydrogens (tertiary/aromatic N) is 4. The van der Waals surface area contributed by atoms with E-state index in [0.717, 1.165) is 0 Å². The van der Waals surface area contributed by atoms with Gasteiger partial charge in [-0.25, -0.2) is 9.97 Å². The molecule has 0 atom stereocenters. The summed E-state index contributed by atoms with van der Waals surface area (Å²) in [6.07, 6.45) is 1.98. The van der Waals surface area contributed by atoms with Crippen LogP contribution in [0.1, 0.15) is 11.7 Å². The van der Waals surface area contributed by atoms with E-state index < -0.39 is 0 Å². The van der Waals surface area contributed by atoms with Crippen molar-refractivity contribution in [1.29, 1.82) is 0 Å². The molecule has 2 aromatic rings. The standard InChI is InChI=1S/C10H12ClN5O2/c1-6-15-7(16-18-6)3-4-12-10-8(17-2)9(11)13-5-14-10/h5H,3-4H2,1-2H3,(H,12,13,14). The summed E-state index contributed by atoms with van der Waals surface area (Å²) >= 11 is 5.87. The summed E-state index contributed by atoms with van der Waals surface area (Å²) in [6, 6.07) is 0.